The summed E-state index contributed by atoms with van der Waals surface area (Å²) >= 11 is 0. The molecule has 0 aromatic heterocycles. The van der Waals surface area contributed by atoms with Crippen LogP contribution in [0.5, 0.6) is 0 Å². The molecular weight excluding hydrogens is 386 g/mol. The number of alkyl halides is 6. The molecule has 3 nitrogen and oxygen atoms in total. The predicted molar refractivity (Wildman–Crippen MR) is 91.0 cm³/mol. The SMILES string of the molecule is CCCCC1C(C(F)(F)F)=C2NC(=O)CC2=C2C=C[C@@H](CC(F)(F)F)N(C)[C@@H]21. The van der Waals surface area contributed by atoms with Crippen LogP contribution in [0.3, 0.4) is 0 Å². The van der Waals surface area contributed by atoms with E-state index in [1.807, 2.05) is 6.92 Å². The van der Waals surface area contributed by atoms with Crippen LogP contribution in [0.4, 0.5) is 26.3 Å². The number of fused-ring (bicyclic) bond motifs is 2. The van der Waals surface area contributed by atoms with Gasteiger partial charge in [0.15, 0.2) is 0 Å². The van der Waals surface area contributed by atoms with Gasteiger partial charge in [-0.05, 0) is 24.6 Å². The Kier molecular flexibility index (Phi) is 5.42. The van der Waals surface area contributed by atoms with Crippen LogP contribution in [0.1, 0.15) is 39.0 Å². The molecule has 0 spiro atoms. The molecule has 3 atom stereocenters. The van der Waals surface area contributed by atoms with Crippen LogP contribution in [0.15, 0.2) is 34.6 Å². The summed E-state index contributed by atoms with van der Waals surface area (Å²) in [7, 11) is 1.44. The van der Waals surface area contributed by atoms with E-state index >= 15 is 0 Å². The lowest BCUT2D eigenvalue weighted by Gasteiger charge is -2.46. The monoisotopic (exact) mass is 408 g/mol. The minimum Gasteiger partial charge on any atom is -0.325 e. The van der Waals surface area contributed by atoms with Crippen LogP contribution in [0.2, 0.25) is 0 Å². The van der Waals surface area contributed by atoms with Gasteiger partial charge in [-0.1, -0.05) is 31.9 Å². The average molecular weight is 408 g/mol. The zero-order valence-electron chi connectivity index (χ0n) is 15.5. The van der Waals surface area contributed by atoms with Gasteiger partial charge in [0.05, 0.1) is 24.1 Å². The van der Waals surface area contributed by atoms with Crippen LogP contribution < -0.4 is 5.32 Å². The molecule has 1 saturated heterocycles. The van der Waals surface area contributed by atoms with E-state index in [1.165, 1.54) is 24.1 Å². The first kappa shape index (κ1) is 21.0. The van der Waals surface area contributed by atoms with E-state index in [-0.39, 0.29) is 24.1 Å². The molecule has 1 N–H and O–H groups in total. The number of hydrogen-bond donors (Lipinski definition) is 1. The summed E-state index contributed by atoms with van der Waals surface area (Å²) < 4.78 is 80.8. The number of nitrogens with one attached hydrogen (secondary N) is 1. The highest BCUT2D eigenvalue weighted by atomic mass is 19.4. The van der Waals surface area contributed by atoms with Crippen LogP contribution in [0.25, 0.3) is 0 Å². The summed E-state index contributed by atoms with van der Waals surface area (Å²) in [5.74, 6) is -1.56. The van der Waals surface area contributed by atoms with Gasteiger partial charge < -0.3 is 5.32 Å². The Hall–Kier alpha value is -1.77. The highest BCUT2D eigenvalue weighted by molar-refractivity contribution is 5.88. The van der Waals surface area contributed by atoms with Crippen molar-refractivity contribution in [2.75, 3.05) is 7.05 Å². The lowest BCUT2D eigenvalue weighted by atomic mass is 9.72. The van der Waals surface area contributed by atoms with Crippen LogP contribution >= 0.6 is 0 Å². The molecule has 156 valence electrons. The number of unbranched alkanes of at least 4 members (excludes halogenated alkanes) is 1. The summed E-state index contributed by atoms with van der Waals surface area (Å²) in [5.41, 5.74) is -0.243. The van der Waals surface area contributed by atoms with Gasteiger partial charge in [0.25, 0.3) is 0 Å². The van der Waals surface area contributed by atoms with Crippen molar-refractivity contribution in [1.82, 2.24) is 10.2 Å². The van der Waals surface area contributed by atoms with Gasteiger partial charge in [0.1, 0.15) is 0 Å². The first-order valence-corrected chi connectivity index (χ1v) is 9.25. The number of carbonyl (C=O) groups excluding carboxylic acids is 1. The van der Waals surface area contributed by atoms with Gasteiger partial charge in [0, 0.05) is 18.0 Å². The van der Waals surface area contributed by atoms with E-state index in [4.69, 9.17) is 0 Å². The van der Waals surface area contributed by atoms with Gasteiger partial charge in [-0.3, -0.25) is 9.69 Å². The quantitative estimate of drug-likeness (QED) is 0.688. The minimum absolute atomic E-state index is 0.184. The summed E-state index contributed by atoms with van der Waals surface area (Å²) in [4.78, 5) is 13.3. The number of halogens is 6. The van der Waals surface area contributed by atoms with Crippen molar-refractivity contribution >= 4 is 5.91 Å². The van der Waals surface area contributed by atoms with E-state index in [2.05, 4.69) is 5.32 Å². The van der Waals surface area contributed by atoms with Crippen molar-refractivity contribution in [3.05, 3.63) is 34.6 Å². The predicted octanol–water partition coefficient (Wildman–Crippen LogP) is 4.63. The van der Waals surface area contributed by atoms with E-state index in [0.29, 0.717) is 18.4 Å². The maximum atomic E-state index is 14.0. The lowest BCUT2D eigenvalue weighted by Crippen LogP contribution is -2.51. The molecule has 1 unspecified atom stereocenters. The van der Waals surface area contributed by atoms with Crippen molar-refractivity contribution in [3.63, 3.8) is 0 Å². The first-order valence-electron chi connectivity index (χ1n) is 9.25. The average Bonchev–Trinajstić information content (AvgIpc) is 2.93. The second-order valence-corrected chi connectivity index (χ2v) is 7.55. The smallest absolute Gasteiger partial charge is 0.325 e. The molecular formula is C19H22F6N2O. The number of rotatable bonds is 4. The van der Waals surface area contributed by atoms with Gasteiger partial charge >= 0.3 is 12.4 Å². The highest BCUT2D eigenvalue weighted by Crippen LogP contribution is 2.50. The second-order valence-electron chi connectivity index (χ2n) is 7.55. The summed E-state index contributed by atoms with van der Waals surface area (Å²) in [6.07, 6.45) is -6.21. The molecule has 2 aliphatic heterocycles. The Balaban J connectivity index is 2.13. The number of amides is 1. The lowest BCUT2D eigenvalue weighted by molar-refractivity contribution is -0.146. The molecule has 3 aliphatic rings. The number of likely N-dealkylation sites (N-methyl/N-ethyl adjacent to an activating group) is 1. The molecule has 0 radical (unpaired) electrons. The van der Waals surface area contributed by atoms with E-state index < -0.39 is 48.3 Å². The van der Waals surface area contributed by atoms with Crippen LogP contribution in [-0.2, 0) is 4.79 Å². The van der Waals surface area contributed by atoms with Crippen LogP contribution in [0, 0.1) is 5.92 Å². The van der Waals surface area contributed by atoms with Crippen molar-refractivity contribution in [2.24, 2.45) is 5.92 Å². The normalized spacial score (nSPS) is 28.6. The van der Waals surface area contributed by atoms with Gasteiger partial charge in [-0.15, -0.1) is 0 Å². The molecule has 28 heavy (non-hydrogen) atoms. The molecule has 1 amide bonds. The van der Waals surface area contributed by atoms with Crippen LogP contribution in [-0.4, -0.2) is 42.3 Å². The zero-order chi connectivity index (χ0) is 20.9. The molecule has 0 aromatic rings. The topological polar surface area (TPSA) is 32.3 Å². The van der Waals surface area contributed by atoms with Gasteiger partial charge in [0.2, 0.25) is 5.91 Å². The van der Waals surface area contributed by atoms with Crippen molar-refractivity contribution in [3.8, 4) is 0 Å². The number of allylic oxidation sites excluding steroid dienone is 1. The maximum Gasteiger partial charge on any atom is 0.415 e. The third-order valence-corrected chi connectivity index (χ3v) is 5.67. The van der Waals surface area contributed by atoms with Crippen molar-refractivity contribution in [2.45, 2.75) is 63.5 Å². The minimum atomic E-state index is -4.68. The number of nitrogens with zero attached hydrogens (tertiary/aromatic N) is 1. The molecule has 3 rings (SSSR count). The Labute approximate surface area is 159 Å². The summed E-state index contributed by atoms with van der Waals surface area (Å²) in [6, 6.07) is -1.88. The third-order valence-electron chi connectivity index (χ3n) is 5.67. The Bertz CT molecular complexity index is 747. The van der Waals surface area contributed by atoms with Gasteiger partial charge in [-0.2, -0.15) is 26.3 Å². The molecule has 1 aliphatic carbocycles. The number of hydrogen-bond acceptors (Lipinski definition) is 2. The van der Waals surface area contributed by atoms with E-state index in [9.17, 15) is 31.1 Å². The molecule has 0 bridgehead atoms. The summed E-state index contributed by atoms with van der Waals surface area (Å²) in [5, 5.41) is 2.35. The standard InChI is InChI=1S/C19H22F6N2O/c1-3-4-5-12-15(19(23,24)25)16-13(8-14(28)26-16)11-7-6-10(9-18(20,21)22)27(2)17(11)12/h6-7,10,12,17H,3-5,8-9H2,1-2H3,(H,26,28)/t10-,12?,17-/m0/s1. The third kappa shape index (κ3) is 3.86. The fraction of sp³-hybridized carbons (Fsp3) is 0.632. The zero-order valence-corrected chi connectivity index (χ0v) is 15.5. The van der Waals surface area contributed by atoms with E-state index in [0.717, 1.165) is 0 Å². The number of carbonyl (C=O) groups is 1. The second kappa shape index (κ2) is 7.24. The molecule has 2 heterocycles. The molecule has 9 heteroatoms. The molecule has 0 saturated carbocycles. The van der Waals surface area contributed by atoms with Crippen molar-refractivity contribution < 1.29 is 31.1 Å². The Morgan fingerprint density at radius 3 is 2.46 bits per heavy atom. The van der Waals surface area contributed by atoms with Gasteiger partial charge in [-0.25, -0.2) is 0 Å². The Morgan fingerprint density at radius 2 is 1.89 bits per heavy atom. The molecule has 1 fully saturated rings. The van der Waals surface area contributed by atoms with Crippen molar-refractivity contribution in [1.29, 1.82) is 0 Å². The fourth-order valence-electron chi connectivity index (χ4n) is 4.51. The fourth-order valence-corrected chi connectivity index (χ4v) is 4.51. The largest absolute Gasteiger partial charge is 0.415 e. The highest BCUT2D eigenvalue weighted by Gasteiger charge is 2.52. The first-order chi connectivity index (χ1) is 12.9. The van der Waals surface area contributed by atoms with E-state index in [1.54, 1.807) is 0 Å². The Morgan fingerprint density at radius 1 is 1.21 bits per heavy atom. The summed E-state index contributed by atoms with van der Waals surface area (Å²) in [6.45, 7) is 1.85. The maximum absolute atomic E-state index is 14.0. The molecule has 0 aromatic carbocycles.